The molecule has 0 amide bonds. The van der Waals surface area contributed by atoms with Gasteiger partial charge >= 0.3 is 0 Å². The average molecular weight is 278 g/mol. The molecule has 2 aromatic carbocycles. The first-order chi connectivity index (χ1) is 9.19. The molecule has 0 spiro atoms. The fourth-order valence-corrected chi connectivity index (χ4v) is 2.26. The molecule has 0 bridgehead atoms. The van der Waals surface area contributed by atoms with E-state index in [0.29, 0.717) is 0 Å². The van der Waals surface area contributed by atoms with Gasteiger partial charge in [0.15, 0.2) is 0 Å². The van der Waals surface area contributed by atoms with Crippen LogP contribution in [0.2, 0.25) is 5.02 Å². The van der Waals surface area contributed by atoms with E-state index in [4.69, 9.17) is 11.6 Å². The van der Waals surface area contributed by atoms with Gasteiger partial charge in [0.05, 0.1) is 0 Å². The zero-order chi connectivity index (χ0) is 13.7. The quantitative estimate of drug-likeness (QED) is 0.856. The Hall–Kier alpha value is -1.38. The van der Waals surface area contributed by atoms with E-state index in [1.54, 1.807) is 12.1 Å². The van der Waals surface area contributed by atoms with E-state index < -0.39 is 0 Å². The van der Waals surface area contributed by atoms with Crippen molar-refractivity contribution in [2.24, 2.45) is 0 Å². The second kappa shape index (κ2) is 6.69. The summed E-state index contributed by atoms with van der Waals surface area (Å²) in [6.45, 7) is 2.89. The van der Waals surface area contributed by atoms with E-state index in [1.165, 1.54) is 11.6 Å². The number of nitrogens with one attached hydrogen (secondary N) is 1. The van der Waals surface area contributed by atoms with Crippen molar-refractivity contribution < 1.29 is 4.39 Å². The SMILES string of the molecule is CCNC(Cc1ccc(Cl)cc1)c1cccc(F)c1. The Kier molecular flexibility index (Phi) is 4.94. The number of hydrogen-bond acceptors (Lipinski definition) is 1. The lowest BCUT2D eigenvalue weighted by atomic mass is 9.99. The van der Waals surface area contributed by atoms with Crippen molar-refractivity contribution in [3.8, 4) is 0 Å². The molecule has 1 N–H and O–H groups in total. The maximum absolute atomic E-state index is 13.3. The normalized spacial score (nSPS) is 12.4. The minimum atomic E-state index is -0.198. The molecular formula is C16H17ClFN. The highest BCUT2D eigenvalue weighted by atomic mass is 35.5. The molecule has 0 radical (unpaired) electrons. The first-order valence-electron chi connectivity index (χ1n) is 6.42. The van der Waals surface area contributed by atoms with Gasteiger partial charge in [-0.15, -0.1) is 0 Å². The Morgan fingerprint density at radius 2 is 1.89 bits per heavy atom. The molecule has 0 aliphatic rings. The summed E-state index contributed by atoms with van der Waals surface area (Å²) in [5, 5.41) is 4.12. The van der Waals surface area contributed by atoms with Crippen LogP contribution in [0.15, 0.2) is 48.5 Å². The van der Waals surface area contributed by atoms with Crippen LogP contribution in [0.3, 0.4) is 0 Å². The van der Waals surface area contributed by atoms with Crippen LogP contribution in [-0.4, -0.2) is 6.54 Å². The molecular weight excluding hydrogens is 261 g/mol. The molecule has 0 heterocycles. The summed E-state index contributed by atoms with van der Waals surface area (Å²) in [5.41, 5.74) is 2.15. The van der Waals surface area contributed by atoms with Crippen molar-refractivity contribution in [2.45, 2.75) is 19.4 Å². The van der Waals surface area contributed by atoms with Crippen LogP contribution in [0, 0.1) is 5.82 Å². The molecule has 1 unspecified atom stereocenters. The summed E-state index contributed by atoms with van der Waals surface area (Å²) < 4.78 is 13.3. The number of rotatable bonds is 5. The lowest BCUT2D eigenvalue weighted by Gasteiger charge is -2.18. The number of likely N-dealkylation sites (N-methyl/N-ethyl adjacent to an activating group) is 1. The van der Waals surface area contributed by atoms with Gasteiger partial charge in [-0.05, 0) is 48.4 Å². The summed E-state index contributed by atoms with van der Waals surface area (Å²) in [4.78, 5) is 0. The van der Waals surface area contributed by atoms with Crippen LogP contribution in [0.5, 0.6) is 0 Å². The van der Waals surface area contributed by atoms with Gasteiger partial charge in [-0.1, -0.05) is 42.8 Å². The van der Waals surface area contributed by atoms with Gasteiger partial charge in [0.1, 0.15) is 5.82 Å². The Balaban J connectivity index is 2.18. The molecule has 0 fully saturated rings. The topological polar surface area (TPSA) is 12.0 Å². The monoisotopic (exact) mass is 277 g/mol. The lowest BCUT2D eigenvalue weighted by Crippen LogP contribution is -2.23. The van der Waals surface area contributed by atoms with Crippen LogP contribution >= 0.6 is 11.6 Å². The minimum Gasteiger partial charge on any atom is -0.310 e. The average Bonchev–Trinajstić information content (AvgIpc) is 2.41. The lowest BCUT2D eigenvalue weighted by molar-refractivity contribution is 0.543. The number of benzene rings is 2. The molecule has 2 aromatic rings. The fraction of sp³-hybridized carbons (Fsp3) is 0.250. The van der Waals surface area contributed by atoms with Crippen LogP contribution in [0.1, 0.15) is 24.1 Å². The summed E-state index contributed by atoms with van der Waals surface area (Å²) >= 11 is 5.88. The minimum absolute atomic E-state index is 0.113. The molecule has 0 saturated heterocycles. The summed E-state index contributed by atoms with van der Waals surface area (Å²) in [6, 6.07) is 14.6. The van der Waals surface area contributed by atoms with Crippen molar-refractivity contribution in [3.63, 3.8) is 0 Å². The second-order valence-electron chi connectivity index (χ2n) is 4.50. The van der Waals surface area contributed by atoms with Crippen LogP contribution in [0.25, 0.3) is 0 Å². The number of halogens is 2. The zero-order valence-electron chi connectivity index (χ0n) is 10.9. The van der Waals surface area contributed by atoms with E-state index in [2.05, 4.69) is 5.32 Å². The van der Waals surface area contributed by atoms with Crippen LogP contribution in [0.4, 0.5) is 4.39 Å². The molecule has 0 aromatic heterocycles. The summed E-state index contributed by atoms with van der Waals surface area (Å²) in [5.74, 6) is -0.198. The standard InChI is InChI=1S/C16H17ClFN/c1-2-19-16(13-4-3-5-15(18)11-13)10-12-6-8-14(17)9-7-12/h3-9,11,16,19H,2,10H2,1H3. The second-order valence-corrected chi connectivity index (χ2v) is 4.93. The molecule has 2 rings (SSSR count). The zero-order valence-corrected chi connectivity index (χ0v) is 11.6. The molecule has 0 aliphatic carbocycles. The third-order valence-corrected chi connectivity index (χ3v) is 3.31. The molecule has 100 valence electrons. The van der Waals surface area contributed by atoms with E-state index in [1.807, 2.05) is 37.3 Å². The third-order valence-electron chi connectivity index (χ3n) is 3.05. The van der Waals surface area contributed by atoms with E-state index in [-0.39, 0.29) is 11.9 Å². The Labute approximate surface area is 118 Å². The van der Waals surface area contributed by atoms with Crippen molar-refractivity contribution in [2.75, 3.05) is 6.54 Å². The molecule has 0 saturated carbocycles. The summed E-state index contributed by atoms with van der Waals surface area (Å²) in [6.07, 6.45) is 0.814. The van der Waals surface area contributed by atoms with E-state index >= 15 is 0 Å². The van der Waals surface area contributed by atoms with E-state index in [0.717, 1.165) is 23.6 Å². The molecule has 0 aliphatic heterocycles. The van der Waals surface area contributed by atoms with Crippen LogP contribution < -0.4 is 5.32 Å². The predicted molar refractivity (Wildman–Crippen MR) is 78.0 cm³/mol. The third kappa shape index (κ3) is 4.05. The highest BCUT2D eigenvalue weighted by molar-refractivity contribution is 6.30. The highest BCUT2D eigenvalue weighted by Gasteiger charge is 2.11. The highest BCUT2D eigenvalue weighted by Crippen LogP contribution is 2.20. The molecule has 1 nitrogen and oxygen atoms in total. The first kappa shape index (κ1) is 14.0. The van der Waals surface area contributed by atoms with Crippen LogP contribution in [-0.2, 0) is 6.42 Å². The smallest absolute Gasteiger partial charge is 0.123 e. The Bertz CT molecular complexity index is 525. The Morgan fingerprint density at radius 3 is 2.53 bits per heavy atom. The van der Waals surface area contributed by atoms with Gasteiger partial charge in [-0.3, -0.25) is 0 Å². The first-order valence-corrected chi connectivity index (χ1v) is 6.80. The maximum atomic E-state index is 13.3. The fourth-order valence-electron chi connectivity index (χ4n) is 2.13. The Morgan fingerprint density at radius 1 is 1.16 bits per heavy atom. The van der Waals surface area contributed by atoms with Gasteiger partial charge in [-0.2, -0.15) is 0 Å². The van der Waals surface area contributed by atoms with Gasteiger partial charge in [-0.25, -0.2) is 4.39 Å². The molecule has 19 heavy (non-hydrogen) atoms. The molecule has 3 heteroatoms. The predicted octanol–water partition coefficient (Wildman–Crippen LogP) is 4.37. The summed E-state index contributed by atoms with van der Waals surface area (Å²) in [7, 11) is 0. The number of hydrogen-bond donors (Lipinski definition) is 1. The van der Waals surface area contributed by atoms with Crippen molar-refractivity contribution in [3.05, 3.63) is 70.5 Å². The maximum Gasteiger partial charge on any atom is 0.123 e. The van der Waals surface area contributed by atoms with Gasteiger partial charge in [0.25, 0.3) is 0 Å². The largest absolute Gasteiger partial charge is 0.310 e. The molecule has 1 atom stereocenters. The van der Waals surface area contributed by atoms with Crippen molar-refractivity contribution in [1.82, 2.24) is 5.32 Å². The van der Waals surface area contributed by atoms with E-state index in [9.17, 15) is 4.39 Å². The van der Waals surface area contributed by atoms with Crippen molar-refractivity contribution >= 4 is 11.6 Å². The van der Waals surface area contributed by atoms with Gasteiger partial charge in [0.2, 0.25) is 0 Å². The van der Waals surface area contributed by atoms with Crippen molar-refractivity contribution in [1.29, 1.82) is 0 Å². The van der Waals surface area contributed by atoms with Gasteiger partial charge < -0.3 is 5.32 Å². The van der Waals surface area contributed by atoms with Gasteiger partial charge in [0, 0.05) is 11.1 Å².